The molecule has 2 unspecified atom stereocenters. The van der Waals surface area contributed by atoms with Crippen molar-refractivity contribution in [3.63, 3.8) is 0 Å². The Hall–Kier alpha value is -3.33. The van der Waals surface area contributed by atoms with Crippen LogP contribution in [0.3, 0.4) is 0 Å². The second-order valence-electron chi connectivity index (χ2n) is 7.53. The normalized spacial score (nSPS) is 17.7. The molecule has 0 saturated carbocycles. The van der Waals surface area contributed by atoms with Crippen molar-refractivity contribution in [3.8, 4) is 10.6 Å². The SMILES string of the molecule is CCOC(=O)C1=C(C)N=C(C)C(C(=O)OCC)C1c1ccccc1-c1nc(C(=O)OCC)cs1. The number of carbonyl (C=O) groups excluding carboxylic acids is 3. The number of thiazole rings is 1. The number of benzene rings is 1. The highest BCUT2D eigenvalue weighted by Crippen LogP contribution is 2.44. The van der Waals surface area contributed by atoms with E-state index in [4.69, 9.17) is 14.2 Å². The zero-order chi connectivity index (χ0) is 24.8. The van der Waals surface area contributed by atoms with Crippen LogP contribution in [0.5, 0.6) is 0 Å². The van der Waals surface area contributed by atoms with Gasteiger partial charge in [-0.15, -0.1) is 11.3 Å². The summed E-state index contributed by atoms with van der Waals surface area (Å²) >= 11 is 1.29. The summed E-state index contributed by atoms with van der Waals surface area (Å²) in [5, 5.41) is 2.20. The summed E-state index contributed by atoms with van der Waals surface area (Å²) in [7, 11) is 0. The molecule has 34 heavy (non-hydrogen) atoms. The summed E-state index contributed by atoms with van der Waals surface area (Å²) < 4.78 is 15.8. The number of hydrogen-bond donors (Lipinski definition) is 0. The van der Waals surface area contributed by atoms with E-state index in [-0.39, 0.29) is 25.5 Å². The first kappa shape index (κ1) is 25.3. The summed E-state index contributed by atoms with van der Waals surface area (Å²) in [6, 6.07) is 7.38. The van der Waals surface area contributed by atoms with Gasteiger partial charge in [0.2, 0.25) is 0 Å². The van der Waals surface area contributed by atoms with Gasteiger partial charge < -0.3 is 14.2 Å². The topological polar surface area (TPSA) is 104 Å². The lowest BCUT2D eigenvalue weighted by molar-refractivity contribution is -0.146. The Morgan fingerprint density at radius 3 is 2.26 bits per heavy atom. The molecular formula is C25H28N2O6S. The molecule has 0 radical (unpaired) electrons. The molecule has 1 aromatic heterocycles. The highest BCUT2D eigenvalue weighted by Gasteiger charge is 2.43. The molecule has 3 rings (SSSR count). The number of aliphatic imine (C=N–C) groups is 1. The third kappa shape index (κ3) is 5.09. The molecule has 0 aliphatic carbocycles. The maximum atomic E-state index is 13.1. The first-order chi connectivity index (χ1) is 16.3. The summed E-state index contributed by atoms with van der Waals surface area (Å²) in [4.78, 5) is 47.3. The quantitative estimate of drug-likeness (QED) is 0.399. The van der Waals surface area contributed by atoms with Crippen molar-refractivity contribution in [2.45, 2.75) is 40.5 Å². The van der Waals surface area contributed by atoms with Crippen LogP contribution in [0.25, 0.3) is 10.6 Å². The first-order valence-corrected chi connectivity index (χ1v) is 12.0. The standard InChI is InChI=1S/C25H28N2O6S/c1-6-31-23(28)18-13-34-22(27-18)17-12-10-9-11-16(17)21-19(24(29)32-7-2)14(4)26-15(5)20(21)25(30)33-8-3/h9-13,19,21H,6-8H2,1-5H3. The molecule has 0 fully saturated rings. The van der Waals surface area contributed by atoms with E-state index in [1.807, 2.05) is 24.3 Å². The molecule has 1 aromatic carbocycles. The number of carbonyl (C=O) groups is 3. The zero-order valence-corrected chi connectivity index (χ0v) is 20.7. The summed E-state index contributed by atoms with van der Waals surface area (Å²) in [6.07, 6.45) is 0. The van der Waals surface area contributed by atoms with Crippen LogP contribution in [-0.2, 0) is 23.8 Å². The van der Waals surface area contributed by atoms with Gasteiger partial charge in [-0.2, -0.15) is 0 Å². The molecule has 1 aliphatic rings. The molecule has 0 bridgehead atoms. The monoisotopic (exact) mass is 484 g/mol. The van der Waals surface area contributed by atoms with Gasteiger partial charge in [0.1, 0.15) is 10.9 Å². The number of ether oxygens (including phenoxy) is 3. The zero-order valence-electron chi connectivity index (χ0n) is 19.9. The highest BCUT2D eigenvalue weighted by molar-refractivity contribution is 7.13. The molecule has 0 amide bonds. The van der Waals surface area contributed by atoms with Gasteiger partial charge in [0.15, 0.2) is 5.69 Å². The summed E-state index contributed by atoms with van der Waals surface area (Å²) in [5.41, 5.74) is 2.95. The predicted molar refractivity (Wildman–Crippen MR) is 129 cm³/mol. The van der Waals surface area contributed by atoms with Crippen molar-refractivity contribution in [2.24, 2.45) is 10.9 Å². The molecule has 9 heteroatoms. The van der Waals surface area contributed by atoms with Crippen molar-refractivity contribution in [3.05, 3.63) is 52.2 Å². The molecule has 8 nitrogen and oxygen atoms in total. The lowest BCUT2D eigenvalue weighted by Crippen LogP contribution is -2.36. The Bertz CT molecular complexity index is 1150. The molecule has 1 aliphatic heterocycles. The molecular weight excluding hydrogens is 456 g/mol. The Labute approximate surface area is 202 Å². The van der Waals surface area contributed by atoms with Crippen LogP contribution in [0.1, 0.15) is 56.6 Å². The fourth-order valence-corrected chi connectivity index (χ4v) is 4.88. The van der Waals surface area contributed by atoms with Crippen LogP contribution in [0.2, 0.25) is 0 Å². The van der Waals surface area contributed by atoms with Crippen LogP contribution in [0, 0.1) is 5.92 Å². The molecule has 2 atom stereocenters. The second-order valence-corrected chi connectivity index (χ2v) is 8.38. The van der Waals surface area contributed by atoms with E-state index in [0.29, 0.717) is 33.1 Å². The predicted octanol–water partition coefficient (Wildman–Crippen LogP) is 4.56. The largest absolute Gasteiger partial charge is 0.465 e. The molecule has 2 heterocycles. The number of hydrogen-bond acceptors (Lipinski definition) is 9. The van der Waals surface area contributed by atoms with E-state index < -0.39 is 29.7 Å². The third-order valence-corrected chi connectivity index (χ3v) is 6.25. The van der Waals surface area contributed by atoms with Crippen LogP contribution in [0.4, 0.5) is 0 Å². The van der Waals surface area contributed by atoms with E-state index in [1.165, 1.54) is 11.3 Å². The minimum Gasteiger partial charge on any atom is -0.465 e. The molecule has 0 spiro atoms. The van der Waals surface area contributed by atoms with E-state index in [9.17, 15) is 14.4 Å². The van der Waals surface area contributed by atoms with Gasteiger partial charge in [-0.1, -0.05) is 24.3 Å². The number of esters is 3. The van der Waals surface area contributed by atoms with E-state index in [2.05, 4.69) is 9.98 Å². The van der Waals surface area contributed by atoms with Crippen molar-refractivity contribution in [1.29, 1.82) is 0 Å². The summed E-state index contributed by atoms with van der Waals surface area (Å²) in [6.45, 7) is 9.31. The van der Waals surface area contributed by atoms with Gasteiger partial charge in [-0.25, -0.2) is 14.6 Å². The van der Waals surface area contributed by atoms with Crippen LogP contribution in [0.15, 0.2) is 45.9 Å². The van der Waals surface area contributed by atoms with Gasteiger partial charge in [0.05, 0.1) is 25.4 Å². The fourth-order valence-electron chi connectivity index (χ4n) is 4.04. The Balaban J connectivity index is 2.19. The Morgan fingerprint density at radius 2 is 1.59 bits per heavy atom. The number of allylic oxidation sites excluding steroid dienone is 1. The Kier molecular flexibility index (Phi) is 8.33. The minimum atomic E-state index is -0.811. The van der Waals surface area contributed by atoms with Crippen LogP contribution in [-0.4, -0.2) is 48.4 Å². The first-order valence-electron chi connectivity index (χ1n) is 11.2. The minimum absolute atomic E-state index is 0.187. The van der Waals surface area contributed by atoms with Crippen LogP contribution < -0.4 is 0 Å². The lowest BCUT2D eigenvalue weighted by Gasteiger charge is -2.32. The molecule has 0 N–H and O–H groups in total. The van der Waals surface area contributed by atoms with Gasteiger partial charge in [0.25, 0.3) is 0 Å². The fraction of sp³-hybridized carbons (Fsp3) is 0.400. The van der Waals surface area contributed by atoms with E-state index in [0.717, 1.165) is 0 Å². The van der Waals surface area contributed by atoms with Gasteiger partial charge in [-0.05, 0) is 40.2 Å². The van der Waals surface area contributed by atoms with Crippen LogP contribution >= 0.6 is 11.3 Å². The molecule has 180 valence electrons. The number of aromatic nitrogens is 1. The average molecular weight is 485 g/mol. The van der Waals surface area contributed by atoms with Gasteiger partial charge in [0, 0.05) is 28.3 Å². The maximum Gasteiger partial charge on any atom is 0.357 e. The Morgan fingerprint density at radius 1 is 0.941 bits per heavy atom. The van der Waals surface area contributed by atoms with E-state index in [1.54, 1.807) is 40.0 Å². The highest BCUT2D eigenvalue weighted by atomic mass is 32.1. The van der Waals surface area contributed by atoms with Gasteiger partial charge in [-0.3, -0.25) is 9.79 Å². The third-order valence-electron chi connectivity index (χ3n) is 5.38. The maximum absolute atomic E-state index is 13.1. The lowest BCUT2D eigenvalue weighted by atomic mass is 9.74. The average Bonchev–Trinajstić information content (AvgIpc) is 3.29. The second kappa shape index (κ2) is 11.2. The van der Waals surface area contributed by atoms with Crippen molar-refractivity contribution < 1.29 is 28.6 Å². The van der Waals surface area contributed by atoms with Gasteiger partial charge >= 0.3 is 17.9 Å². The molecule has 0 saturated heterocycles. The molecule has 2 aromatic rings. The number of nitrogens with zero attached hydrogens (tertiary/aromatic N) is 2. The summed E-state index contributed by atoms with van der Waals surface area (Å²) in [5.74, 6) is -3.01. The van der Waals surface area contributed by atoms with Crippen molar-refractivity contribution in [2.75, 3.05) is 19.8 Å². The van der Waals surface area contributed by atoms with E-state index >= 15 is 0 Å². The van der Waals surface area contributed by atoms with Crippen molar-refractivity contribution >= 4 is 35.0 Å². The van der Waals surface area contributed by atoms with Crippen molar-refractivity contribution in [1.82, 2.24) is 4.98 Å². The smallest absolute Gasteiger partial charge is 0.357 e. The number of rotatable bonds is 8.